The third-order valence-electron chi connectivity index (χ3n) is 3.77. The summed E-state index contributed by atoms with van der Waals surface area (Å²) in [7, 11) is 1.56. The Morgan fingerprint density at radius 3 is 2.67 bits per heavy atom. The van der Waals surface area contributed by atoms with Crippen LogP contribution in [0.4, 0.5) is 0 Å². The van der Waals surface area contributed by atoms with Gasteiger partial charge in [-0.3, -0.25) is 0 Å². The standard InChI is InChI=1S/C14H20ClNO2/c1-8-11(7-10-5-4-6-16-10)13(17)14(18-3)9(2)12(8)15/h10,16-17H,4-7H2,1-3H3. The lowest BCUT2D eigenvalue weighted by molar-refractivity contribution is 0.366. The quantitative estimate of drug-likeness (QED) is 0.886. The van der Waals surface area contributed by atoms with Crippen LogP contribution in [0.3, 0.4) is 0 Å². The molecular formula is C14H20ClNO2. The molecule has 100 valence electrons. The van der Waals surface area contributed by atoms with Crippen molar-refractivity contribution < 1.29 is 9.84 Å². The van der Waals surface area contributed by atoms with E-state index in [4.69, 9.17) is 16.3 Å². The van der Waals surface area contributed by atoms with Gasteiger partial charge in [0.15, 0.2) is 11.5 Å². The molecule has 2 N–H and O–H groups in total. The fraction of sp³-hybridized carbons (Fsp3) is 0.571. The third-order valence-corrected chi connectivity index (χ3v) is 4.34. The molecule has 1 atom stereocenters. The largest absolute Gasteiger partial charge is 0.504 e. The summed E-state index contributed by atoms with van der Waals surface area (Å²) in [6.07, 6.45) is 3.14. The van der Waals surface area contributed by atoms with Crippen molar-refractivity contribution in [3.8, 4) is 11.5 Å². The normalized spacial score (nSPS) is 19.2. The Morgan fingerprint density at radius 2 is 2.11 bits per heavy atom. The Hall–Kier alpha value is -0.930. The second-order valence-electron chi connectivity index (χ2n) is 4.92. The van der Waals surface area contributed by atoms with Crippen molar-refractivity contribution in [2.75, 3.05) is 13.7 Å². The van der Waals surface area contributed by atoms with Crippen molar-refractivity contribution in [1.82, 2.24) is 5.32 Å². The zero-order chi connectivity index (χ0) is 13.3. The van der Waals surface area contributed by atoms with E-state index in [0.717, 1.165) is 36.1 Å². The molecule has 0 aliphatic carbocycles. The Labute approximate surface area is 113 Å². The van der Waals surface area contributed by atoms with Gasteiger partial charge in [0.1, 0.15) is 0 Å². The van der Waals surface area contributed by atoms with Gasteiger partial charge in [0.2, 0.25) is 0 Å². The van der Waals surface area contributed by atoms with E-state index in [1.807, 2.05) is 13.8 Å². The lowest BCUT2D eigenvalue weighted by Crippen LogP contribution is -2.24. The maximum Gasteiger partial charge on any atom is 0.165 e. The van der Waals surface area contributed by atoms with Crippen LogP contribution in [-0.4, -0.2) is 24.8 Å². The van der Waals surface area contributed by atoms with Gasteiger partial charge in [-0.1, -0.05) is 11.6 Å². The molecule has 18 heavy (non-hydrogen) atoms. The summed E-state index contributed by atoms with van der Waals surface area (Å²) in [4.78, 5) is 0. The molecule has 1 unspecified atom stereocenters. The predicted octanol–water partition coefficient (Wildman–Crippen LogP) is 2.97. The summed E-state index contributed by atoms with van der Waals surface area (Å²) in [6.45, 7) is 4.88. The average molecular weight is 270 g/mol. The molecule has 4 heteroatoms. The van der Waals surface area contributed by atoms with E-state index in [0.29, 0.717) is 16.8 Å². The maximum absolute atomic E-state index is 10.3. The number of benzene rings is 1. The Morgan fingerprint density at radius 1 is 1.39 bits per heavy atom. The van der Waals surface area contributed by atoms with Crippen molar-refractivity contribution in [3.63, 3.8) is 0 Å². The van der Waals surface area contributed by atoms with E-state index >= 15 is 0 Å². The SMILES string of the molecule is COc1c(C)c(Cl)c(C)c(CC2CCCN2)c1O. The van der Waals surface area contributed by atoms with Crippen LogP contribution in [0.15, 0.2) is 0 Å². The van der Waals surface area contributed by atoms with Gasteiger partial charge < -0.3 is 15.2 Å². The fourth-order valence-electron chi connectivity index (χ4n) is 2.68. The number of methoxy groups -OCH3 is 1. The zero-order valence-electron chi connectivity index (χ0n) is 11.1. The minimum atomic E-state index is 0.241. The first kappa shape index (κ1) is 13.5. The molecule has 0 saturated carbocycles. The summed E-state index contributed by atoms with van der Waals surface area (Å²) < 4.78 is 5.26. The number of ether oxygens (including phenoxy) is 1. The lowest BCUT2D eigenvalue weighted by atomic mass is 9.96. The van der Waals surface area contributed by atoms with Crippen LogP contribution < -0.4 is 10.1 Å². The van der Waals surface area contributed by atoms with Crippen molar-refractivity contribution in [3.05, 3.63) is 21.7 Å². The molecule has 0 amide bonds. The van der Waals surface area contributed by atoms with Gasteiger partial charge in [-0.15, -0.1) is 0 Å². The molecule has 1 aromatic carbocycles. The molecule has 1 fully saturated rings. The molecule has 1 aliphatic rings. The van der Waals surface area contributed by atoms with Gasteiger partial charge in [0.05, 0.1) is 12.1 Å². The highest BCUT2D eigenvalue weighted by molar-refractivity contribution is 6.32. The second kappa shape index (κ2) is 5.37. The van der Waals surface area contributed by atoms with Crippen LogP contribution in [-0.2, 0) is 6.42 Å². The van der Waals surface area contributed by atoms with Gasteiger partial charge >= 0.3 is 0 Å². The highest BCUT2D eigenvalue weighted by Crippen LogP contribution is 2.41. The van der Waals surface area contributed by atoms with E-state index in [9.17, 15) is 5.11 Å². The summed E-state index contributed by atoms with van der Waals surface area (Å²) in [5.41, 5.74) is 2.67. The topological polar surface area (TPSA) is 41.5 Å². The van der Waals surface area contributed by atoms with Crippen molar-refractivity contribution in [1.29, 1.82) is 0 Å². The molecule has 1 aromatic rings. The molecule has 0 spiro atoms. The maximum atomic E-state index is 10.3. The number of hydrogen-bond acceptors (Lipinski definition) is 3. The second-order valence-corrected chi connectivity index (χ2v) is 5.30. The monoisotopic (exact) mass is 269 g/mol. The van der Waals surface area contributed by atoms with Crippen LogP contribution in [0.1, 0.15) is 29.5 Å². The fourth-order valence-corrected chi connectivity index (χ4v) is 2.88. The molecule has 1 aliphatic heterocycles. The van der Waals surface area contributed by atoms with Gasteiger partial charge in [-0.25, -0.2) is 0 Å². The first-order chi connectivity index (χ1) is 8.56. The van der Waals surface area contributed by atoms with Crippen LogP contribution in [0.2, 0.25) is 5.02 Å². The number of rotatable bonds is 3. The van der Waals surface area contributed by atoms with Crippen LogP contribution in [0.25, 0.3) is 0 Å². The molecule has 2 rings (SSSR count). The van der Waals surface area contributed by atoms with Crippen LogP contribution in [0.5, 0.6) is 11.5 Å². The van der Waals surface area contributed by atoms with Gasteiger partial charge in [-0.2, -0.15) is 0 Å². The Bertz CT molecular complexity index is 454. The lowest BCUT2D eigenvalue weighted by Gasteiger charge is -2.19. The average Bonchev–Trinajstić information content (AvgIpc) is 2.86. The van der Waals surface area contributed by atoms with E-state index < -0.39 is 0 Å². The molecule has 1 heterocycles. The first-order valence-electron chi connectivity index (χ1n) is 6.34. The van der Waals surface area contributed by atoms with Crippen molar-refractivity contribution in [2.24, 2.45) is 0 Å². The zero-order valence-corrected chi connectivity index (χ0v) is 11.9. The number of phenols is 1. The van der Waals surface area contributed by atoms with E-state index in [1.165, 1.54) is 6.42 Å². The highest BCUT2D eigenvalue weighted by atomic mass is 35.5. The van der Waals surface area contributed by atoms with Crippen molar-refractivity contribution >= 4 is 11.6 Å². The van der Waals surface area contributed by atoms with E-state index in [2.05, 4.69) is 5.32 Å². The van der Waals surface area contributed by atoms with E-state index in [1.54, 1.807) is 7.11 Å². The number of phenolic OH excluding ortho intramolecular Hbond substituents is 1. The predicted molar refractivity (Wildman–Crippen MR) is 73.9 cm³/mol. The molecule has 1 saturated heterocycles. The summed E-state index contributed by atoms with van der Waals surface area (Å²) in [6, 6.07) is 0.429. The summed E-state index contributed by atoms with van der Waals surface area (Å²) in [5.74, 6) is 0.740. The first-order valence-corrected chi connectivity index (χ1v) is 6.72. The van der Waals surface area contributed by atoms with Gasteiger partial charge in [-0.05, 0) is 45.2 Å². The highest BCUT2D eigenvalue weighted by Gasteiger charge is 2.23. The summed E-state index contributed by atoms with van der Waals surface area (Å²) >= 11 is 6.31. The number of nitrogens with one attached hydrogen (secondary N) is 1. The number of aromatic hydroxyl groups is 1. The van der Waals surface area contributed by atoms with Crippen LogP contribution in [0, 0.1) is 13.8 Å². The number of hydrogen-bond donors (Lipinski definition) is 2. The minimum absolute atomic E-state index is 0.241. The Kier molecular flexibility index (Phi) is 4.03. The van der Waals surface area contributed by atoms with Crippen molar-refractivity contribution in [2.45, 2.75) is 39.2 Å². The van der Waals surface area contributed by atoms with Gasteiger partial charge in [0.25, 0.3) is 0 Å². The Balaban J connectivity index is 2.41. The van der Waals surface area contributed by atoms with Gasteiger partial charge in [0, 0.05) is 17.2 Å². The third kappa shape index (κ3) is 2.29. The molecule has 0 bridgehead atoms. The minimum Gasteiger partial charge on any atom is -0.504 e. The van der Waals surface area contributed by atoms with Crippen LogP contribution >= 0.6 is 11.6 Å². The van der Waals surface area contributed by atoms with E-state index in [-0.39, 0.29) is 5.75 Å². The molecular weight excluding hydrogens is 250 g/mol. The molecule has 3 nitrogen and oxygen atoms in total. The smallest absolute Gasteiger partial charge is 0.165 e. The number of halogens is 1. The molecule has 0 radical (unpaired) electrons. The molecule has 0 aromatic heterocycles. The summed E-state index contributed by atoms with van der Waals surface area (Å²) in [5, 5.41) is 14.5.